The third-order valence-electron chi connectivity index (χ3n) is 3.18. The van der Waals surface area contributed by atoms with Gasteiger partial charge in [0, 0.05) is 5.39 Å². The van der Waals surface area contributed by atoms with Crippen LogP contribution in [0.3, 0.4) is 0 Å². The van der Waals surface area contributed by atoms with Crippen LogP contribution in [-0.2, 0) is 6.54 Å². The highest BCUT2D eigenvalue weighted by molar-refractivity contribution is 6.32. The van der Waals surface area contributed by atoms with Gasteiger partial charge in [-0.15, -0.1) is 10.2 Å². The first kappa shape index (κ1) is 12.6. The summed E-state index contributed by atoms with van der Waals surface area (Å²) in [5.41, 5.74) is 2.58. The molecule has 20 heavy (non-hydrogen) atoms. The number of benzene rings is 1. The second-order valence-corrected chi connectivity index (χ2v) is 4.79. The molecule has 3 aromatic rings. The van der Waals surface area contributed by atoms with Gasteiger partial charge in [0.25, 0.3) is 0 Å². The molecule has 0 saturated carbocycles. The van der Waals surface area contributed by atoms with Crippen LogP contribution >= 0.6 is 11.6 Å². The fourth-order valence-corrected chi connectivity index (χ4v) is 2.34. The molecule has 0 unspecified atom stereocenters. The molecule has 0 fully saturated rings. The topological polar surface area (TPSA) is 67.4 Å². The van der Waals surface area contributed by atoms with E-state index in [0.717, 1.165) is 16.5 Å². The number of nitrogens with zero attached hydrogens (tertiary/aromatic N) is 5. The number of hydrogen-bond acceptors (Lipinski definition) is 4. The Morgan fingerprint density at radius 1 is 1.35 bits per heavy atom. The van der Waals surface area contributed by atoms with E-state index in [0.29, 0.717) is 17.3 Å². The molecule has 0 aliphatic rings. The fraction of sp³-hybridized carbons (Fsp3) is 0.143. The van der Waals surface area contributed by atoms with Gasteiger partial charge in [-0.2, -0.15) is 5.26 Å². The molecular formula is C14H10ClN5. The summed E-state index contributed by atoms with van der Waals surface area (Å²) in [5, 5.41) is 18.0. The van der Waals surface area contributed by atoms with Crippen LogP contribution in [0.1, 0.15) is 17.1 Å². The molecule has 3 rings (SSSR count). The molecule has 0 radical (unpaired) electrons. The van der Waals surface area contributed by atoms with Crippen LogP contribution in [0.25, 0.3) is 10.9 Å². The van der Waals surface area contributed by atoms with Gasteiger partial charge in [0.1, 0.15) is 12.4 Å². The number of nitriles is 1. The van der Waals surface area contributed by atoms with E-state index in [1.807, 2.05) is 37.3 Å². The number of rotatable bonds is 2. The lowest BCUT2D eigenvalue weighted by Gasteiger charge is -2.10. The average molecular weight is 284 g/mol. The Kier molecular flexibility index (Phi) is 3.09. The molecule has 0 atom stereocenters. The van der Waals surface area contributed by atoms with Crippen LogP contribution in [0.5, 0.6) is 0 Å². The third-order valence-corrected chi connectivity index (χ3v) is 3.68. The molecule has 98 valence electrons. The minimum atomic E-state index is 0.244. The molecule has 0 amide bonds. The van der Waals surface area contributed by atoms with Gasteiger partial charge in [0.05, 0.1) is 22.8 Å². The summed E-state index contributed by atoms with van der Waals surface area (Å²) in [7, 11) is 0. The fourth-order valence-electron chi connectivity index (χ4n) is 2.14. The van der Waals surface area contributed by atoms with Gasteiger partial charge in [-0.05, 0) is 18.6 Å². The Bertz CT molecular complexity index is 831. The van der Waals surface area contributed by atoms with Crippen LogP contribution in [-0.4, -0.2) is 19.7 Å². The zero-order valence-corrected chi connectivity index (χ0v) is 11.5. The van der Waals surface area contributed by atoms with Crippen molar-refractivity contribution in [1.82, 2.24) is 19.7 Å². The van der Waals surface area contributed by atoms with E-state index in [1.54, 1.807) is 4.57 Å². The van der Waals surface area contributed by atoms with E-state index < -0.39 is 0 Å². The third kappa shape index (κ3) is 2.00. The van der Waals surface area contributed by atoms with E-state index in [2.05, 4.69) is 15.2 Å². The smallest absolute Gasteiger partial charge is 0.235 e. The summed E-state index contributed by atoms with van der Waals surface area (Å²) in [6.07, 6.45) is 1.50. The summed E-state index contributed by atoms with van der Waals surface area (Å²) in [5.74, 6) is 0.244. The molecule has 1 aromatic carbocycles. The number of aryl methyl sites for hydroxylation is 1. The molecule has 5 nitrogen and oxygen atoms in total. The lowest BCUT2D eigenvalue weighted by atomic mass is 10.1. The normalized spacial score (nSPS) is 10.7. The molecule has 2 heterocycles. The second-order valence-electron chi connectivity index (χ2n) is 4.41. The molecule has 0 spiro atoms. The molecule has 2 aromatic heterocycles. The maximum atomic E-state index is 8.95. The van der Waals surface area contributed by atoms with Gasteiger partial charge >= 0.3 is 0 Å². The SMILES string of the molecule is Cc1c(Cl)c(Cn2cnnc2C#N)nc2ccccc12. The molecule has 0 aliphatic carbocycles. The number of fused-ring (bicyclic) bond motifs is 1. The Morgan fingerprint density at radius 2 is 2.15 bits per heavy atom. The second kappa shape index (κ2) is 4.91. The zero-order chi connectivity index (χ0) is 14.1. The molecule has 0 saturated heterocycles. The quantitative estimate of drug-likeness (QED) is 0.725. The number of hydrogen-bond donors (Lipinski definition) is 0. The van der Waals surface area contributed by atoms with E-state index in [9.17, 15) is 0 Å². The Balaban J connectivity index is 2.13. The monoisotopic (exact) mass is 283 g/mol. The number of para-hydroxylation sites is 1. The zero-order valence-electron chi connectivity index (χ0n) is 10.7. The number of aromatic nitrogens is 4. The van der Waals surface area contributed by atoms with Crippen molar-refractivity contribution in [3.05, 3.63) is 52.7 Å². The Labute approximate surface area is 120 Å². The van der Waals surface area contributed by atoms with Crippen molar-refractivity contribution in [3.63, 3.8) is 0 Å². The Morgan fingerprint density at radius 3 is 2.95 bits per heavy atom. The summed E-state index contributed by atoms with van der Waals surface area (Å²) < 4.78 is 1.63. The van der Waals surface area contributed by atoms with Gasteiger partial charge in [-0.1, -0.05) is 29.8 Å². The van der Waals surface area contributed by atoms with Crippen LogP contribution in [0, 0.1) is 18.3 Å². The molecule has 0 N–H and O–H groups in total. The minimum Gasteiger partial charge on any atom is -0.299 e. The predicted octanol–water partition coefficient (Wildman–Crippen LogP) is 2.71. The van der Waals surface area contributed by atoms with Crippen LogP contribution < -0.4 is 0 Å². The van der Waals surface area contributed by atoms with Crippen LogP contribution in [0.15, 0.2) is 30.6 Å². The van der Waals surface area contributed by atoms with Gasteiger partial charge in [-0.25, -0.2) is 4.98 Å². The van der Waals surface area contributed by atoms with Crippen molar-refractivity contribution >= 4 is 22.5 Å². The molecule has 0 aliphatic heterocycles. The first-order valence-electron chi connectivity index (χ1n) is 6.02. The van der Waals surface area contributed by atoms with Crippen LogP contribution in [0.4, 0.5) is 0 Å². The highest BCUT2D eigenvalue weighted by Crippen LogP contribution is 2.27. The maximum absolute atomic E-state index is 8.95. The predicted molar refractivity (Wildman–Crippen MR) is 75.3 cm³/mol. The Hall–Kier alpha value is -2.45. The van der Waals surface area contributed by atoms with Crippen LogP contribution in [0.2, 0.25) is 5.02 Å². The average Bonchev–Trinajstić information content (AvgIpc) is 2.92. The van der Waals surface area contributed by atoms with Crippen molar-refractivity contribution in [2.45, 2.75) is 13.5 Å². The first-order chi connectivity index (χ1) is 9.70. The van der Waals surface area contributed by atoms with Gasteiger partial charge < -0.3 is 0 Å². The van der Waals surface area contributed by atoms with Crippen molar-refractivity contribution < 1.29 is 0 Å². The maximum Gasteiger partial charge on any atom is 0.235 e. The van der Waals surface area contributed by atoms with E-state index >= 15 is 0 Å². The molecule has 0 bridgehead atoms. The first-order valence-corrected chi connectivity index (χ1v) is 6.40. The van der Waals surface area contributed by atoms with E-state index in [1.165, 1.54) is 6.33 Å². The standard InChI is InChI=1S/C14H10ClN5/c1-9-10-4-2-3-5-11(10)18-12(14(9)15)7-20-8-17-19-13(20)6-16/h2-5,8H,7H2,1H3. The van der Waals surface area contributed by atoms with Gasteiger partial charge in [0.15, 0.2) is 0 Å². The summed E-state index contributed by atoms with van der Waals surface area (Å²) >= 11 is 6.39. The number of pyridine rings is 1. The summed E-state index contributed by atoms with van der Waals surface area (Å²) in [4.78, 5) is 4.57. The van der Waals surface area contributed by atoms with E-state index in [4.69, 9.17) is 16.9 Å². The molecule has 6 heteroatoms. The lowest BCUT2D eigenvalue weighted by Crippen LogP contribution is -2.05. The lowest BCUT2D eigenvalue weighted by molar-refractivity contribution is 0.761. The highest BCUT2D eigenvalue weighted by Gasteiger charge is 2.12. The largest absolute Gasteiger partial charge is 0.299 e. The minimum absolute atomic E-state index is 0.244. The highest BCUT2D eigenvalue weighted by atomic mass is 35.5. The van der Waals surface area contributed by atoms with Crippen molar-refractivity contribution in [2.75, 3.05) is 0 Å². The van der Waals surface area contributed by atoms with Crippen molar-refractivity contribution in [2.24, 2.45) is 0 Å². The van der Waals surface area contributed by atoms with Crippen molar-refractivity contribution in [1.29, 1.82) is 5.26 Å². The summed E-state index contributed by atoms with van der Waals surface area (Å²) in [6.45, 7) is 2.34. The van der Waals surface area contributed by atoms with Crippen molar-refractivity contribution in [3.8, 4) is 6.07 Å². The van der Waals surface area contributed by atoms with Gasteiger partial charge in [-0.3, -0.25) is 4.57 Å². The molecular weight excluding hydrogens is 274 g/mol. The van der Waals surface area contributed by atoms with Gasteiger partial charge in [0.2, 0.25) is 5.82 Å². The van der Waals surface area contributed by atoms with E-state index in [-0.39, 0.29) is 5.82 Å². The number of halogens is 1. The summed E-state index contributed by atoms with van der Waals surface area (Å²) in [6, 6.07) is 9.82.